The zero-order valence-electron chi connectivity index (χ0n) is 22.2. The van der Waals surface area contributed by atoms with E-state index in [2.05, 4.69) is 47.9 Å². The van der Waals surface area contributed by atoms with Crippen molar-refractivity contribution in [1.82, 2.24) is 34.4 Å². The number of carbonyl (C=O) groups is 1. The van der Waals surface area contributed by atoms with Gasteiger partial charge in [-0.3, -0.25) is 9.36 Å². The molecule has 1 aliphatic rings. The number of aromatic nitrogens is 6. The van der Waals surface area contributed by atoms with Crippen LogP contribution in [0.15, 0.2) is 61.4 Å². The van der Waals surface area contributed by atoms with Crippen molar-refractivity contribution in [3.05, 3.63) is 61.4 Å². The fourth-order valence-corrected chi connectivity index (χ4v) is 4.39. The van der Waals surface area contributed by atoms with Crippen molar-refractivity contribution in [2.24, 2.45) is 7.05 Å². The number of aryl methyl sites for hydroxylation is 1. The molecular weight excluding hydrogens is 482 g/mol. The Bertz CT molecular complexity index is 1310. The van der Waals surface area contributed by atoms with Gasteiger partial charge in [0, 0.05) is 74.8 Å². The number of ether oxygens (including phenoxy) is 1. The number of likely N-dealkylation sites (N-methyl/N-ethyl adjacent to an activating group) is 1. The maximum Gasteiger partial charge on any atom is 0.407 e. The van der Waals surface area contributed by atoms with E-state index in [1.54, 1.807) is 4.68 Å². The summed E-state index contributed by atoms with van der Waals surface area (Å²) in [7, 11) is 4.96. The van der Waals surface area contributed by atoms with Crippen molar-refractivity contribution in [2.45, 2.75) is 38.1 Å². The number of amides is 1. The minimum absolute atomic E-state index is 0.422. The Kier molecular flexibility index (Phi) is 9.21. The molecule has 1 aliphatic carbocycles. The molecule has 3 heterocycles. The van der Waals surface area contributed by atoms with Gasteiger partial charge in [0.25, 0.3) is 0 Å². The number of hydrogen-bond acceptors (Lipinski definition) is 6. The second-order valence-corrected chi connectivity index (χ2v) is 9.48. The summed E-state index contributed by atoms with van der Waals surface area (Å²) in [6, 6.07) is 8.79. The van der Waals surface area contributed by atoms with E-state index < -0.39 is 6.09 Å². The lowest BCUT2D eigenvalue weighted by Crippen LogP contribution is -2.27. The van der Waals surface area contributed by atoms with E-state index in [1.165, 1.54) is 51.2 Å². The van der Waals surface area contributed by atoms with E-state index in [0.29, 0.717) is 19.2 Å². The van der Waals surface area contributed by atoms with Crippen LogP contribution in [0, 0.1) is 0 Å². The molecule has 0 radical (unpaired) electrons. The van der Waals surface area contributed by atoms with Crippen molar-refractivity contribution in [1.29, 1.82) is 0 Å². The average molecular weight is 518 g/mol. The Morgan fingerprint density at radius 2 is 1.66 bits per heavy atom. The van der Waals surface area contributed by atoms with Gasteiger partial charge in [-0.05, 0) is 24.5 Å². The standard InChI is InChI=1S/C23H24N6.C5H11NO3/c1-28-15-20(13-26-28)17-6-5-7-18(10-17)23-24-11-19(12-25-23)21-14-27-29(16-21)22-8-3-2-4-9-22;1-6(5(7)8)3-4-9-2/h5-7,10-16,22H,2-4,8-9H2,1H3;3-4H2,1-2H3,(H,7,8). The summed E-state index contributed by atoms with van der Waals surface area (Å²) >= 11 is 0. The third-order valence-electron chi connectivity index (χ3n) is 6.65. The van der Waals surface area contributed by atoms with Crippen LogP contribution >= 0.6 is 0 Å². The van der Waals surface area contributed by atoms with Gasteiger partial charge >= 0.3 is 6.09 Å². The van der Waals surface area contributed by atoms with Gasteiger partial charge in [0.2, 0.25) is 0 Å². The van der Waals surface area contributed by atoms with Crippen LogP contribution in [0.5, 0.6) is 0 Å². The molecule has 10 heteroatoms. The molecule has 200 valence electrons. The Morgan fingerprint density at radius 1 is 0.974 bits per heavy atom. The first-order valence-electron chi connectivity index (χ1n) is 12.8. The molecule has 1 N–H and O–H groups in total. The quantitative estimate of drug-likeness (QED) is 0.361. The van der Waals surface area contributed by atoms with Gasteiger partial charge < -0.3 is 14.7 Å². The van der Waals surface area contributed by atoms with Crippen molar-refractivity contribution >= 4 is 6.09 Å². The molecule has 1 saturated carbocycles. The van der Waals surface area contributed by atoms with Crippen LogP contribution in [0.1, 0.15) is 38.1 Å². The lowest BCUT2D eigenvalue weighted by molar-refractivity contribution is 0.130. The first-order valence-corrected chi connectivity index (χ1v) is 12.8. The van der Waals surface area contributed by atoms with Gasteiger partial charge in [-0.1, -0.05) is 37.5 Å². The van der Waals surface area contributed by atoms with Crippen LogP contribution in [0.3, 0.4) is 0 Å². The molecule has 0 atom stereocenters. The average Bonchev–Trinajstić information content (AvgIpc) is 3.62. The third-order valence-corrected chi connectivity index (χ3v) is 6.65. The number of rotatable bonds is 7. The highest BCUT2D eigenvalue weighted by Gasteiger charge is 2.16. The number of methoxy groups -OCH3 is 1. The largest absolute Gasteiger partial charge is 0.465 e. The number of carboxylic acid groups (broad SMARTS) is 1. The van der Waals surface area contributed by atoms with E-state index in [9.17, 15) is 4.79 Å². The molecule has 38 heavy (non-hydrogen) atoms. The predicted molar refractivity (Wildman–Crippen MR) is 146 cm³/mol. The molecule has 1 amide bonds. The van der Waals surface area contributed by atoms with Crippen LogP contribution in [0.25, 0.3) is 33.6 Å². The normalized spacial score (nSPS) is 13.6. The molecule has 0 aliphatic heterocycles. The Balaban J connectivity index is 0.000000323. The lowest BCUT2D eigenvalue weighted by atomic mass is 9.96. The van der Waals surface area contributed by atoms with Crippen molar-refractivity contribution < 1.29 is 14.6 Å². The van der Waals surface area contributed by atoms with E-state index in [-0.39, 0.29) is 0 Å². The van der Waals surface area contributed by atoms with Gasteiger partial charge in [0.1, 0.15) is 0 Å². The Labute approximate surface area is 222 Å². The van der Waals surface area contributed by atoms with Gasteiger partial charge in [-0.15, -0.1) is 0 Å². The highest BCUT2D eigenvalue weighted by molar-refractivity contribution is 5.70. The molecule has 0 spiro atoms. The van der Waals surface area contributed by atoms with Gasteiger partial charge in [-0.2, -0.15) is 10.2 Å². The summed E-state index contributed by atoms with van der Waals surface area (Å²) in [6.07, 6.45) is 17.2. The number of hydrogen-bond donors (Lipinski definition) is 1. The highest BCUT2D eigenvalue weighted by atomic mass is 16.5. The zero-order valence-corrected chi connectivity index (χ0v) is 22.2. The summed E-state index contributed by atoms with van der Waals surface area (Å²) in [5.74, 6) is 0.721. The van der Waals surface area contributed by atoms with E-state index in [0.717, 1.165) is 33.6 Å². The van der Waals surface area contributed by atoms with Crippen molar-refractivity contribution in [3.8, 4) is 33.6 Å². The maximum atomic E-state index is 10.1. The van der Waals surface area contributed by atoms with Gasteiger partial charge in [-0.25, -0.2) is 14.8 Å². The van der Waals surface area contributed by atoms with Crippen molar-refractivity contribution in [2.75, 3.05) is 27.3 Å². The summed E-state index contributed by atoms with van der Waals surface area (Å²) in [6.45, 7) is 0.870. The second-order valence-electron chi connectivity index (χ2n) is 9.48. The van der Waals surface area contributed by atoms with E-state index in [4.69, 9.17) is 5.11 Å². The van der Waals surface area contributed by atoms with Gasteiger partial charge in [0.15, 0.2) is 5.82 Å². The molecule has 1 fully saturated rings. The molecule has 4 aromatic rings. The molecule has 0 unspecified atom stereocenters. The van der Waals surface area contributed by atoms with Crippen LogP contribution in [0.2, 0.25) is 0 Å². The first-order chi connectivity index (χ1) is 18.4. The van der Waals surface area contributed by atoms with E-state index >= 15 is 0 Å². The topological polar surface area (TPSA) is 111 Å². The monoisotopic (exact) mass is 517 g/mol. The lowest BCUT2D eigenvalue weighted by Gasteiger charge is -2.21. The molecule has 5 rings (SSSR count). The molecule has 10 nitrogen and oxygen atoms in total. The number of nitrogens with zero attached hydrogens (tertiary/aromatic N) is 7. The third kappa shape index (κ3) is 7.04. The summed E-state index contributed by atoms with van der Waals surface area (Å²) in [5, 5.41) is 17.1. The maximum absolute atomic E-state index is 10.1. The van der Waals surface area contributed by atoms with Crippen molar-refractivity contribution in [3.63, 3.8) is 0 Å². The Morgan fingerprint density at radius 3 is 2.32 bits per heavy atom. The second kappa shape index (κ2) is 13.0. The van der Waals surface area contributed by atoms with Crippen LogP contribution in [0.4, 0.5) is 4.79 Å². The molecule has 1 aromatic carbocycles. The summed E-state index contributed by atoms with van der Waals surface area (Å²) < 4.78 is 8.59. The summed E-state index contributed by atoms with van der Waals surface area (Å²) in [4.78, 5) is 20.5. The predicted octanol–water partition coefficient (Wildman–Crippen LogP) is 5.16. The Hall–Kier alpha value is -4.05. The number of benzene rings is 1. The fraction of sp³-hybridized carbons (Fsp3) is 0.393. The first kappa shape index (κ1) is 27.0. The smallest absolute Gasteiger partial charge is 0.407 e. The van der Waals surface area contributed by atoms with Crippen LogP contribution in [-0.2, 0) is 11.8 Å². The molecule has 3 aromatic heterocycles. The minimum Gasteiger partial charge on any atom is -0.465 e. The molecule has 0 bridgehead atoms. The van der Waals surface area contributed by atoms with Crippen LogP contribution < -0.4 is 0 Å². The zero-order chi connectivity index (χ0) is 26.9. The summed E-state index contributed by atoms with van der Waals surface area (Å²) in [5.41, 5.74) is 5.26. The molecular formula is C28H35N7O3. The van der Waals surface area contributed by atoms with E-state index in [1.807, 2.05) is 50.2 Å². The highest BCUT2D eigenvalue weighted by Crippen LogP contribution is 2.29. The fourth-order valence-electron chi connectivity index (χ4n) is 4.39. The SMILES string of the molecule is COCCN(C)C(=O)O.Cn1cc(-c2cccc(-c3ncc(-c4cnn(C5CCCCC5)c4)cn3)c2)cn1. The van der Waals surface area contributed by atoms with Crippen LogP contribution in [-0.4, -0.2) is 72.9 Å². The van der Waals surface area contributed by atoms with Gasteiger partial charge in [0.05, 0.1) is 25.0 Å². The molecule has 0 saturated heterocycles. The minimum atomic E-state index is -0.924.